The highest BCUT2D eigenvalue weighted by atomic mass is 16.6. The van der Waals surface area contributed by atoms with E-state index in [0.29, 0.717) is 19.0 Å². The van der Waals surface area contributed by atoms with Gasteiger partial charge in [-0.15, -0.1) is 0 Å². The fraction of sp³-hybridized carbons (Fsp3) is 0.938. The summed E-state index contributed by atoms with van der Waals surface area (Å²) >= 11 is 0. The predicted octanol–water partition coefficient (Wildman–Crippen LogP) is 1.34. The minimum Gasteiger partial charge on any atom is -0.444 e. The number of hydrogen-bond donors (Lipinski definition) is 0. The molecule has 3 aliphatic heterocycles. The molecule has 0 aromatic heterocycles. The van der Waals surface area contributed by atoms with Crippen LogP contribution in [-0.4, -0.2) is 79.6 Å². The normalized spacial score (nSPS) is 28.7. The molecule has 0 N–H and O–H groups in total. The van der Waals surface area contributed by atoms with Gasteiger partial charge < -0.3 is 19.1 Å². The van der Waals surface area contributed by atoms with Crippen molar-refractivity contribution in [1.82, 2.24) is 9.80 Å². The van der Waals surface area contributed by atoms with Crippen LogP contribution in [0.25, 0.3) is 0 Å². The summed E-state index contributed by atoms with van der Waals surface area (Å²) in [6, 6.07) is 0. The van der Waals surface area contributed by atoms with Gasteiger partial charge in [0.25, 0.3) is 0 Å². The van der Waals surface area contributed by atoms with E-state index in [-0.39, 0.29) is 11.7 Å². The molecule has 3 heterocycles. The summed E-state index contributed by atoms with van der Waals surface area (Å²) in [4.78, 5) is 16.3. The number of likely N-dealkylation sites (tertiary alicyclic amines) is 1. The van der Waals surface area contributed by atoms with Gasteiger partial charge in [-0.25, -0.2) is 4.79 Å². The molecule has 3 rings (SSSR count). The maximum atomic E-state index is 12.0. The van der Waals surface area contributed by atoms with Crippen molar-refractivity contribution in [2.45, 2.75) is 38.4 Å². The molecule has 22 heavy (non-hydrogen) atoms. The molecule has 3 saturated heterocycles. The van der Waals surface area contributed by atoms with Gasteiger partial charge in [0, 0.05) is 26.2 Å². The summed E-state index contributed by atoms with van der Waals surface area (Å²) in [6.45, 7) is 12.4. The van der Waals surface area contributed by atoms with Crippen molar-refractivity contribution in [3.8, 4) is 0 Å². The smallest absolute Gasteiger partial charge is 0.410 e. The molecule has 3 aliphatic rings. The van der Waals surface area contributed by atoms with Crippen LogP contribution >= 0.6 is 0 Å². The molecule has 3 fully saturated rings. The van der Waals surface area contributed by atoms with Gasteiger partial charge in [-0.05, 0) is 33.1 Å². The van der Waals surface area contributed by atoms with E-state index in [2.05, 4.69) is 4.90 Å². The Balaban J connectivity index is 1.47. The average Bonchev–Trinajstić information content (AvgIpc) is 2.87. The molecular formula is C16H28N2O4. The van der Waals surface area contributed by atoms with Crippen LogP contribution in [0.2, 0.25) is 0 Å². The first-order valence-corrected chi connectivity index (χ1v) is 8.27. The number of amides is 1. The highest BCUT2D eigenvalue weighted by Crippen LogP contribution is 2.31. The number of rotatable bonds is 2. The Hall–Kier alpha value is -0.850. The van der Waals surface area contributed by atoms with Crippen molar-refractivity contribution in [2.24, 2.45) is 5.92 Å². The zero-order valence-corrected chi connectivity index (χ0v) is 14.0. The second kappa shape index (κ2) is 5.98. The summed E-state index contributed by atoms with van der Waals surface area (Å²) in [5.41, 5.74) is -0.629. The maximum absolute atomic E-state index is 12.0. The lowest BCUT2D eigenvalue weighted by atomic mass is 9.91. The number of carbonyl (C=O) groups excluding carboxylic acids is 1. The van der Waals surface area contributed by atoms with E-state index in [1.165, 1.54) is 0 Å². The van der Waals surface area contributed by atoms with Gasteiger partial charge in [0.15, 0.2) is 0 Å². The van der Waals surface area contributed by atoms with Crippen molar-refractivity contribution in [2.75, 3.05) is 52.5 Å². The Morgan fingerprint density at radius 3 is 2.68 bits per heavy atom. The van der Waals surface area contributed by atoms with E-state index in [9.17, 15) is 4.79 Å². The molecule has 0 saturated carbocycles. The fourth-order valence-electron chi connectivity index (χ4n) is 3.47. The number of morpholine rings is 1. The molecule has 0 aromatic carbocycles. The fourth-order valence-corrected chi connectivity index (χ4v) is 3.47. The Morgan fingerprint density at radius 1 is 1.27 bits per heavy atom. The summed E-state index contributed by atoms with van der Waals surface area (Å²) in [5, 5.41) is 0. The van der Waals surface area contributed by atoms with Crippen molar-refractivity contribution < 1.29 is 19.0 Å². The summed E-state index contributed by atoms with van der Waals surface area (Å²) in [7, 11) is 0. The van der Waals surface area contributed by atoms with Crippen molar-refractivity contribution >= 4 is 6.09 Å². The van der Waals surface area contributed by atoms with E-state index >= 15 is 0 Å². The maximum Gasteiger partial charge on any atom is 0.410 e. The molecule has 1 atom stereocenters. The molecule has 6 nitrogen and oxygen atoms in total. The van der Waals surface area contributed by atoms with E-state index in [1.54, 1.807) is 4.90 Å². The average molecular weight is 312 g/mol. The van der Waals surface area contributed by atoms with Crippen LogP contribution in [0.15, 0.2) is 0 Å². The molecule has 1 amide bonds. The van der Waals surface area contributed by atoms with Gasteiger partial charge in [-0.1, -0.05) is 0 Å². The van der Waals surface area contributed by atoms with E-state index in [1.807, 2.05) is 20.8 Å². The van der Waals surface area contributed by atoms with Crippen molar-refractivity contribution in [3.05, 3.63) is 0 Å². The van der Waals surface area contributed by atoms with Crippen molar-refractivity contribution in [1.29, 1.82) is 0 Å². The predicted molar refractivity (Wildman–Crippen MR) is 81.9 cm³/mol. The minimum atomic E-state index is -0.443. The molecule has 0 aliphatic carbocycles. The summed E-state index contributed by atoms with van der Waals surface area (Å²) in [5.74, 6) is 0.650. The SMILES string of the molecule is CC(C)(C)OC(=O)N1CC2(CN(CC3CCOC3)CCO2)C1. The van der Waals surface area contributed by atoms with E-state index in [4.69, 9.17) is 14.2 Å². The minimum absolute atomic E-state index is 0.186. The zero-order valence-electron chi connectivity index (χ0n) is 14.0. The van der Waals surface area contributed by atoms with Crippen LogP contribution in [-0.2, 0) is 14.2 Å². The third kappa shape index (κ3) is 3.73. The monoisotopic (exact) mass is 312 g/mol. The first-order valence-electron chi connectivity index (χ1n) is 8.27. The van der Waals surface area contributed by atoms with Crippen LogP contribution in [0.3, 0.4) is 0 Å². The highest BCUT2D eigenvalue weighted by molar-refractivity contribution is 5.69. The van der Waals surface area contributed by atoms with Gasteiger partial charge in [0.1, 0.15) is 11.2 Å². The highest BCUT2D eigenvalue weighted by Gasteiger charge is 2.50. The molecule has 1 spiro atoms. The van der Waals surface area contributed by atoms with Crippen LogP contribution in [0.5, 0.6) is 0 Å². The summed E-state index contributed by atoms with van der Waals surface area (Å²) in [6.07, 6.45) is 0.928. The van der Waals surface area contributed by atoms with Gasteiger partial charge in [-0.3, -0.25) is 4.90 Å². The van der Waals surface area contributed by atoms with Gasteiger partial charge in [0.05, 0.1) is 26.3 Å². The lowest BCUT2D eigenvalue weighted by Gasteiger charge is -2.53. The lowest BCUT2D eigenvalue weighted by Crippen LogP contribution is -2.71. The zero-order chi connectivity index (χ0) is 15.8. The van der Waals surface area contributed by atoms with Crippen LogP contribution in [0, 0.1) is 5.92 Å². The van der Waals surface area contributed by atoms with Gasteiger partial charge in [-0.2, -0.15) is 0 Å². The number of nitrogens with zero attached hydrogens (tertiary/aromatic N) is 2. The Labute approximate surface area is 132 Å². The first kappa shape index (κ1) is 16.0. The standard InChI is InChI=1S/C16H28N2O4/c1-15(2,3)22-14(19)18-11-16(12-18)10-17(5-7-21-16)8-13-4-6-20-9-13/h13H,4-12H2,1-3H3. The number of hydrogen-bond acceptors (Lipinski definition) is 5. The molecule has 1 unspecified atom stereocenters. The molecule has 6 heteroatoms. The number of carbonyl (C=O) groups is 1. The lowest BCUT2D eigenvalue weighted by molar-refractivity contribution is -0.179. The van der Waals surface area contributed by atoms with Crippen LogP contribution < -0.4 is 0 Å². The quantitative estimate of drug-likeness (QED) is 0.770. The van der Waals surface area contributed by atoms with Gasteiger partial charge >= 0.3 is 6.09 Å². The van der Waals surface area contributed by atoms with E-state index < -0.39 is 5.60 Å². The Kier molecular flexibility index (Phi) is 4.36. The largest absolute Gasteiger partial charge is 0.444 e. The Morgan fingerprint density at radius 2 is 2.05 bits per heavy atom. The molecule has 0 bridgehead atoms. The van der Waals surface area contributed by atoms with Crippen LogP contribution in [0.1, 0.15) is 27.2 Å². The van der Waals surface area contributed by atoms with Crippen LogP contribution in [0.4, 0.5) is 4.79 Å². The molecule has 0 aromatic rings. The third-order valence-electron chi connectivity index (χ3n) is 4.48. The van der Waals surface area contributed by atoms with Crippen molar-refractivity contribution in [3.63, 3.8) is 0 Å². The Bertz CT molecular complexity index is 409. The third-order valence-corrected chi connectivity index (χ3v) is 4.48. The number of ether oxygens (including phenoxy) is 3. The summed E-state index contributed by atoms with van der Waals surface area (Å²) < 4.78 is 16.9. The second-order valence-corrected chi connectivity index (χ2v) is 7.83. The molecule has 126 valence electrons. The van der Waals surface area contributed by atoms with Gasteiger partial charge in [0.2, 0.25) is 0 Å². The molecule has 0 radical (unpaired) electrons. The van der Waals surface area contributed by atoms with E-state index in [0.717, 1.165) is 45.9 Å². The second-order valence-electron chi connectivity index (χ2n) is 7.83. The first-order chi connectivity index (χ1) is 10.4. The molecular weight excluding hydrogens is 284 g/mol. The topological polar surface area (TPSA) is 51.2 Å².